The number of benzene rings is 2. The number of aryl methyl sites for hydroxylation is 1. The van der Waals surface area contributed by atoms with E-state index in [1.165, 1.54) is 6.92 Å². The molecule has 126 valence electrons. The molecule has 1 atom stereocenters. The summed E-state index contributed by atoms with van der Waals surface area (Å²) in [4.78, 5) is 24.2. The van der Waals surface area contributed by atoms with E-state index < -0.39 is 18.0 Å². The number of carbonyl (C=O) groups excluding carboxylic acids is 2. The number of rotatable bonds is 5. The molecule has 0 aliphatic rings. The van der Waals surface area contributed by atoms with Gasteiger partial charge in [0.1, 0.15) is 0 Å². The Hall–Kier alpha value is -2.37. The van der Waals surface area contributed by atoms with Gasteiger partial charge in [0.15, 0.2) is 6.10 Å². The van der Waals surface area contributed by atoms with Crippen LogP contribution in [0.15, 0.2) is 42.5 Å². The van der Waals surface area contributed by atoms with Crippen LogP contribution < -0.4 is 5.32 Å². The summed E-state index contributed by atoms with van der Waals surface area (Å²) in [6.07, 6.45) is -0.964. The number of carbonyl (C=O) groups is 2. The average Bonchev–Trinajstić information content (AvgIpc) is 2.58. The van der Waals surface area contributed by atoms with E-state index in [0.717, 1.165) is 5.56 Å². The van der Waals surface area contributed by atoms with Crippen LogP contribution in [0.1, 0.15) is 28.4 Å². The Bertz CT molecular complexity index is 743. The van der Waals surface area contributed by atoms with E-state index in [1.807, 2.05) is 6.92 Å². The van der Waals surface area contributed by atoms with E-state index >= 15 is 0 Å². The van der Waals surface area contributed by atoms with Crippen molar-refractivity contribution in [2.45, 2.75) is 26.6 Å². The van der Waals surface area contributed by atoms with Gasteiger partial charge in [-0.2, -0.15) is 0 Å². The number of hydrogen-bond donors (Lipinski definition) is 2. The van der Waals surface area contributed by atoms with Gasteiger partial charge in [-0.1, -0.05) is 29.8 Å². The quantitative estimate of drug-likeness (QED) is 0.813. The van der Waals surface area contributed by atoms with E-state index in [1.54, 1.807) is 42.5 Å². The van der Waals surface area contributed by atoms with Gasteiger partial charge in [-0.05, 0) is 49.2 Å². The van der Waals surface area contributed by atoms with E-state index in [4.69, 9.17) is 21.4 Å². The molecular formula is C18H18ClNO4. The van der Waals surface area contributed by atoms with Crippen molar-refractivity contribution >= 4 is 29.2 Å². The van der Waals surface area contributed by atoms with Crippen molar-refractivity contribution < 1.29 is 19.4 Å². The second kappa shape index (κ2) is 7.95. The SMILES string of the molecule is Cc1ccc(Cl)cc1NC(=O)[C@@H](C)OC(=O)c1ccc(CO)cc1. The molecule has 0 aliphatic heterocycles. The highest BCUT2D eigenvalue weighted by molar-refractivity contribution is 6.31. The summed E-state index contributed by atoms with van der Waals surface area (Å²) in [5, 5.41) is 12.2. The molecule has 2 aromatic carbocycles. The topological polar surface area (TPSA) is 75.6 Å². The summed E-state index contributed by atoms with van der Waals surface area (Å²) in [5.41, 5.74) is 2.42. The molecule has 2 N–H and O–H groups in total. The maximum atomic E-state index is 12.2. The van der Waals surface area contributed by atoms with Gasteiger partial charge in [-0.15, -0.1) is 0 Å². The minimum atomic E-state index is -0.964. The van der Waals surface area contributed by atoms with Gasteiger partial charge < -0.3 is 15.2 Å². The van der Waals surface area contributed by atoms with Crippen molar-refractivity contribution in [3.63, 3.8) is 0 Å². The molecule has 0 unspecified atom stereocenters. The maximum Gasteiger partial charge on any atom is 0.338 e. The second-order valence-corrected chi connectivity index (χ2v) is 5.79. The lowest BCUT2D eigenvalue weighted by Crippen LogP contribution is -2.30. The van der Waals surface area contributed by atoms with Gasteiger partial charge in [0.2, 0.25) is 0 Å². The van der Waals surface area contributed by atoms with Crippen molar-refractivity contribution in [3.05, 3.63) is 64.2 Å². The third kappa shape index (κ3) is 4.57. The fourth-order valence-corrected chi connectivity index (χ4v) is 2.16. The zero-order chi connectivity index (χ0) is 17.7. The first-order valence-corrected chi connectivity index (χ1v) is 7.76. The molecule has 24 heavy (non-hydrogen) atoms. The molecule has 5 nitrogen and oxygen atoms in total. The third-order valence-corrected chi connectivity index (χ3v) is 3.72. The second-order valence-electron chi connectivity index (χ2n) is 5.35. The maximum absolute atomic E-state index is 12.2. The molecule has 2 rings (SSSR count). The number of hydrogen-bond acceptors (Lipinski definition) is 4. The molecule has 6 heteroatoms. The first kappa shape index (κ1) is 18.0. The molecule has 2 aromatic rings. The van der Waals surface area contributed by atoms with E-state index in [-0.39, 0.29) is 6.61 Å². The van der Waals surface area contributed by atoms with Crippen LogP contribution in [0.4, 0.5) is 5.69 Å². The number of ether oxygens (including phenoxy) is 1. The number of aliphatic hydroxyl groups excluding tert-OH is 1. The molecule has 0 saturated heterocycles. The summed E-state index contributed by atoms with van der Waals surface area (Å²) < 4.78 is 5.17. The van der Waals surface area contributed by atoms with E-state index in [0.29, 0.717) is 21.8 Å². The molecule has 0 aromatic heterocycles. The Balaban J connectivity index is 1.99. The summed E-state index contributed by atoms with van der Waals surface area (Å²) >= 11 is 5.91. The molecular weight excluding hydrogens is 330 g/mol. The highest BCUT2D eigenvalue weighted by Gasteiger charge is 2.19. The lowest BCUT2D eigenvalue weighted by Gasteiger charge is -2.15. The zero-order valence-electron chi connectivity index (χ0n) is 13.4. The van der Waals surface area contributed by atoms with Crippen LogP contribution in [0.2, 0.25) is 5.02 Å². The Kier molecular flexibility index (Phi) is 5.95. The number of nitrogens with one attached hydrogen (secondary N) is 1. The van der Waals surface area contributed by atoms with Crippen molar-refractivity contribution in [3.8, 4) is 0 Å². The fourth-order valence-electron chi connectivity index (χ4n) is 1.99. The molecule has 0 radical (unpaired) electrons. The minimum Gasteiger partial charge on any atom is -0.449 e. The molecule has 0 fully saturated rings. The molecule has 0 bridgehead atoms. The Labute approximate surface area is 145 Å². The van der Waals surface area contributed by atoms with Crippen LogP contribution in [-0.4, -0.2) is 23.1 Å². The lowest BCUT2D eigenvalue weighted by molar-refractivity contribution is -0.123. The molecule has 0 spiro atoms. The predicted octanol–water partition coefficient (Wildman–Crippen LogP) is 3.32. The smallest absolute Gasteiger partial charge is 0.338 e. The Morgan fingerprint density at radius 3 is 2.50 bits per heavy atom. The van der Waals surface area contributed by atoms with Crippen molar-refractivity contribution in [2.24, 2.45) is 0 Å². The summed E-state index contributed by atoms with van der Waals surface area (Å²) in [5.74, 6) is -1.05. The first-order valence-electron chi connectivity index (χ1n) is 7.38. The molecule has 0 heterocycles. The van der Waals surface area contributed by atoms with Gasteiger partial charge in [0, 0.05) is 10.7 Å². The highest BCUT2D eigenvalue weighted by atomic mass is 35.5. The van der Waals surface area contributed by atoms with E-state index in [2.05, 4.69) is 5.32 Å². The largest absolute Gasteiger partial charge is 0.449 e. The normalized spacial score (nSPS) is 11.7. The predicted molar refractivity (Wildman–Crippen MR) is 92.1 cm³/mol. The average molecular weight is 348 g/mol. The van der Waals surface area contributed by atoms with Gasteiger partial charge in [0.05, 0.1) is 12.2 Å². The van der Waals surface area contributed by atoms with Crippen molar-refractivity contribution in [1.29, 1.82) is 0 Å². The third-order valence-electron chi connectivity index (χ3n) is 3.48. The number of halogens is 1. The highest BCUT2D eigenvalue weighted by Crippen LogP contribution is 2.20. The summed E-state index contributed by atoms with van der Waals surface area (Å²) in [6, 6.07) is 11.5. The van der Waals surface area contributed by atoms with Crippen LogP contribution >= 0.6 is 11.6 Å². The Morgan fingerprint density at radius 1 is 1.21 bits per heavy atom. The van der Waals surface area contributed by atoms with Gasteiger partial charge in [-0.25, -0.2) is 4.79 Å². The van der Waals surface area contributed by atoms with Gasteiger partial charge in [0.25, 0.3) is 5.91 Å². The van der Waals surface area contributed by atoms with Crippen molar-refractivity contribution in [1.82, 2.24) is 0 Å². The van der Waals surface area contributed by atoms with Crippen LogP contribution in [0, 0.1) is 6.92 Å². The minimum absolute atomic E-state index is 0.104. The lowest BCUT2D eigenvalue weighted by atomic mass is 10.1. The molecule has 0 saturated carbocycles. The summed E-state index contributed by atoms with van der Waals surface area (Å²) in [6.45, 7) is 3.23. The zero-order valence-corrected chi connectivity index (χ0v) is 14.1. The van der Waals surface area contributed by atoms with Crippen LogP contribution in [-0.2, 0) is 16.1 Å². The molecule has 0 aliphatic carbocycles. The number of amides is 1. The van der Waals surface area contributed by atoms with Gasteiger partial charge >= 0.3 is 5.97 Å². The van der Waals surface area contributed by atoms with Crippen molar-refractivity contribution in [2.75, 3.05) is 5.32 Å². The van der Waals surface area contributed by atoms with Crippen LogP contribution in [0.5, 0.6) is 0 Å². The number of anilines is 1. The first-order chi connectivity index (χ1) is 11.4. The fraction of sp³-hybridized carbons (Fsp3) is 0.222. The monoisotopic (exact) mass is 347 g/mol. The van der Waals surface area contributed by atoms with Crippen LogP contribution in [0.3, 0.4) is 0 Å². The van der Waals surface area contributed by atoms with E-state index in [9.17, 15) is 9.59 Å². The number of esters is 1. The number of aliphatic hydroxyl groups is 1. The summed E-state index contributed by atoms with van der Waals surface area (Å²) in [7, 11) is 0. The van der Waals surface area contributed by atoms with Crippen LogP contribution in [0.25, 0.3) is 0 Å². The van der Waals surface area contributed by atoms with Gasteiger partial charge in [-0.3, -0.25) is 4.79 Å². The Morgan fingerprint density at radius 2 is 1.88 bits per heavy atom. The standard InChI is InChI=1S/C18H18ClNO4/c1-11-3-8-15(19)9-16(11)20-17(22)12(2)24-18(23)14-6-4-13(10-21)5-7-14/h3-9,12,21H,10H2,1-2H3,(H,20,22)/t12-/m1/s1. The molecule has 1 amide bonds.